The number of aryl methyl sites for hydroxylation is 1. The first kappa shape index (κ1) is 11.2. The zero-order chi connectivity index (χ0) is 13.5. The second-order valence-electron chi connectivity index (χ2n) is 4.79. The summed E-state index contributed by atoms with van der Waals surface area (Å²) < 4.78 is 10.8. The SMILES string of the molecule is Cc1cc(-c2ccc3c(c2)OCO3)nc2ccncc12. The lowest BCUT2D eigenvalue weighted by atomic mass is 10.1. The van der Waals surface area contributed by atoms with E-state index in [0.717, 1.165) is 39.2 Å². The van der Waals surface area contributed by atoms with Crippen molar-refractivity contribution in [1.29, 1.82) is 0 Å². The minimum Gasteiger partial charge on any atom is -0.454 e. The molecule has 0 amide bonds. The van der Waals surface area contributed by atoms with Crippen LogP contribution in [0.15, 0.2) is 42.7 Å². The number of hydrogen-bond acceptors (Lipinski definition) is 4. The summed E-state index contributed by atoms with van der Waals surface area (Å²) in [6, 6.07) is 9.89. The van der Waals surface area contributed by atoms with Gasteiger partial charge in [-0.1, -0.05) is 0 Å². The van der Waals surface area contributed by atoms with Gasteiger partial charge in [-0.15, -0.1) is 0 Å². The highest BCUT2D eigenvalue weighted by Crippen LogP contribution is 2.36. The average Bonchev–Trinajstić information content (AvgIpc) is 2.94. The van der Waals surface area contributed by atoms with E-state index >= 15 is 0 Å². The van der Waals surface area contributed by atoms with Crippen molar-refractivity contribution in [2.45, 2.75) is 6.92 Å². The minimum absolute atomic E-state index is 0.286. The number of pyridine rings is 2. The van der Waals surface area contributed by atoms with Gasteiger partial charge in [0, 0.05) is 23.3 Å². The Morgan fingerprint density at radius 3 is 2.90 bits per heavy atom. The van der Waals surface area contributed by atoms with Crippen molar-refractivity contribution >= 4 is 10.9 Å². The molecule has 0 aliphatic carbocycles. The van der Waals surface area contributed by atoms with E-state index in [1.165, 1.54) is 0 Å². The van der Waals surface area contributed by atoms with Crippen molar-refractivity contribution < 1.29 is 9.47 Å². The van der Waals surface area contributed by atoms with Crippen LogP contribution in [-0.2, 0) is 0 Å². The van der Waals surface area contributed by atoms with Crippen LogP contribution in [0.2, 0.25) is 0 Å². The van der Waals surface area contributed by atoms with Crippen molar-refractivity contribution in [3.05, 3.63) is 48.3 Å². The van der Waals surface area contributed by atoms with Crippen LogP contribution in [0.3, 0.4) is 0 Å². The predicted molar refractivity (Wildman–Crippen MR) is 75.8 cm³/mol. The first-order valence-electron chi connectivity index (χ1n) is 6.43. The molecule has 3 heterocycles. The normalized spacial score (nSPS) is 12.8. The molecule has 4 heteroatoms. The molecule has 4 rings (SSSR count). The Balaban J connectivity index is 1.90. The van der Waals surface area contributed by atoms with Crippen molar-refractivity contribution in [2.75, 3.05) is 6.79 Å². The third-order valence-corrected chi connectivity index (χ3v) is 3.49. The zero-order valence-electron chi connectivity index (χ0n) is 11.0. The lowest BCUT2D eigenvalue weighted by Gasteiger charge is -2.07. The second-order valence-corrected chi connectivity index (χ2v) is 4.79. The van der Waals surface area contributed by atoms with Crippen LogP contribution in [0.25, 0.3) is 22.2 Å². The molecule has 98 valence electrons. The lowest BCUT2D eigenvalue weighted by molar-refractivity contribution is 0.174. The predicted octanol–water partition coefficient (Wildman–Crippen LogP) is 3.33. The Morgan fingerprint density at radius 1 is 1.05 bits per heavy atom. The Bertz CT molecular complexity index is 815. The molecule has 1 aromatic carbocycles. The van der Waals surface area contributed by atoms with E-state index < -0.39 is 0 Å². The minimum atomic E-state index is 0.286. The van der Waals surface area contributed by atoms with Crippen LogP contribution < -0.4 is 9.47 Å². The van der Waals surface area contributed by atoms with Crippen molar-refractivity contribution in [3.8, 4) is 22.8 Å². The summed E-state index contributed by atoms with van der Waals surface area (Å²) in [5, 5.41) is 1.08. The summed E-state index contributed by atoms with van der Waals surface area (Å²) in [6.45, 7) is 2.36. The summed E-state index contributed by atoms with van der Waals surface area (Å²) in [4.78, 5) is 8.84. The van der Waals surface area contributed by atoms with Gasteiger partial charge in [-0.3, -0.25) is 4.98 Å². The molecule has 2 aromatic heterocycles. The Labute approximate surface area is 116 Å². The van der Waals surface area contributed by atoms with Gasteiger partial charge in [0.25, 0.3) is 0 Å². The van der Waals surface area contributed by atoms with Crippen LogP contribution in [0.4, 0.5) is 0 Å². The number of aromatic nitrogens is 2. The maximum Gasteiger partial charge on any atom is 0.231 e. The number of nitrogens with zero attached hydrogens (tertiary/aromatic N) is 2. The van der Waals surface area contributed by atoms with E-state index in [0.29, 0.717) is 0 Å². The molecule has 0 radical (unpaired) electrons. The summed E-state index contributed by atoms with van der Waals surface area (Å²) >= 11 is 0. The van der Waals surface area contributed by atoms with Gasteiger partial charge in [0.05, 0.1) is 11.2 Å². The molecule has 0 spiro atoms. The number of rotatable bonds is 1. The molecule has 0 N–H and O–H groups in total. The molecule has 0 saturated carbocycles. The fraction of sp³-hybridized carbons (Fsp3) is 0.125. The van der Waals surface area contributed by atoms with Gasteiger partial charge < -0.3 is 9.47 Å². The topological polar surface area (TPSA) is 44.2 Å². The van der Waals surface area contributed by atoms with E-state index in [2.05, 4.69) is 18.0 Å². The fourth-order valence-corrected chi connectivity index (χ4v) is 2.44. The van der Waals surface area contributed by atoms with Crippen LogP contribution in [0.5, 0.6) is 11.5 Å². The zero-order valence-corrected chi connectivity index (χ0v) is 11.0. The maximum absolute atomic E-state index is 5.42. The largest absolute Gasteiger partial charge is 0.454 e. The lowest BCUT2D eigenvalue weighted by Crippen LogP contribution is -1.93. The molecule has 0 saturated heterocycles. The van der Waals surface area contributed by atoms with Crippen molar-refractivity contribution in [2.24, 2.45) is 0 Å². The van der Waals surface area contributed by atoms with Crippen LogP contribution in [0.1, 0.15) is 5.56 Å². The molecule has 3 aromatic rings. The standard InChI is InChI=1S/C16H12N2O2/c1-10-6-14(18-13-4-5-17-8-12(10)13)11-2-3-15-16(7-11)20-9-19-15/h2-8H,9H2,1H3. The highest BCUT2D eigenvalue weighted by molar-refractivity contribution is 5.84. The van der Waals surface area contributed by atoms with E-state index in [-0.39, 0.29) is 6.79 Å². The van der Waals surface area contributed by atoms with Crippen LogP contribution in [-0.4, -0.2) is 16.8 Å². The third kappa shape index (κ3) is 1.69. The first-order chi connectivity index (χ1) is 9.81. The van der Waals surface area contributed by atoms with Gasteiger partial charge in [-0.25, -0.2) is 4.98 Å². The fourth-order valence-electron chi connectivity index (χ4n) is 2.44. The monoisotopic (exact) mass is 264 g/mol. The van der Waals surface area contributed by atoms with E-state index in [4.69, 9.17) is 14.5 Å². The highest BCUT2D eigenvalue weighted by Gasteiger charge is 2.14. The Hall–Kier alpha value is -2.62. The van der Waals surface area contributed by atoms with Crippen molar-refractivity contribution in [1.82, 2.24) is 9.97 Å². The molecule has 0 unspecified atom stereocenters. The molecule has 0 fully saturated rings. The van der Waals surface area contributed by atoms with Gasteiger partial charge >= 0.3 is 0 Å². The molecule has 0 atom stereocenters. The van der Waals surface area contributed by atoms with Gasteiger partial charge in [-0.2, -0.15) is 0 Å². The summed E-state index contributed by atoms with van der Waals surface area (Å²) in [7, 11) is 0. The van der Waals surface area contributed by atoms with Crippen LogP contribution in [0, 0.1) is 6.92 Å². The maximum atomic E-state index is 5.42. The van der Waals surface area contributed by atoms with E-state index in [9.17, 15) is 0 Å². The highest BCUT2D eigenvalue weighted by atomic mass is 16.7. The Morgan fingerprint density at radius 2 is 1.95 bits per heavy atom. The second kappa shape index (κ2) is 4.20. The number of ether oxygens (including phenoxy) is 2. The first-order valence-corrected chi connectivity index (χ1v) is 6.43. The van der Waals surface area contributed by atoms with Crippen molar-refractivity contribution in [3.63, 3.8) is 0 Å². The van der Waals surface area contributed by atoms with Gasteiger partial charge in [-0.05, 0) is 42.8 Å². The smallest absolute Gasteiger partial charge is 0.231 e. The summed E-state index contributed by atoms with van der Waals surface area (Å²) in [5.41, 5.74) is 4.07. The quantitative estimate of drug-likeness (QED) is 0.676. The summed E-state index contributed by atoms with van der Waals surface area (Å²) in [6.07, 6.45) is 3.61. The van der Waals surface area contributed by atoms with Gasteiger partial charge in [0.15, 0.2) is 11.5 Å². The summed E-state index contributed by atoms with van der Waals surface area (Å²) in [5.74, 6) is 1.56. The molecule has 4 nitrogen and oxygen atoms in total. The third-order valence-electron chi connectivity index (χ3n) is 3.49. The average molecular weight is 264 g/mol. The molecular weight excluding hydrogens is 252 g/mol. The Kier molecular flexibility index (Phi) is 2.36. The molecule has 20 heavy (non-hydrogen) atoms. The van der Waals surface area contributed by atoms with Gasteiger partial charge in [0.1, 0.15) is 0 Å². The van der Waals surface area contributed by atoms with E-state index in [1.807, 2.05) is 30.5 Å². The molecule has 0 bridgehead atoms. The molecule has 1 aliphatic heterocycles. The number of fused-ring (bicyclic) bond motifs is 2. The van der Waals surface area contributed by atoms with Crippen LogP contribution >= 0.6 is 0 Å². The van der Waals surface area contributed by atoms with Gasteiger partial charge in [0.2, 0.25) is 6.79 Å². The van der Waals surface area contributed by atoms with E-state index in [1.54, 1.807) is 6.20 Å². The number of hydrogen-bond donors (Lipinski definition) is 0. The molecular formula is C16H12N2O2. The molecule has 1 aliphatic rings. The number of benzene rings is 1.